The van der Waals surface area contributed by atoms with E-state index in [9.17, 15) is 23.2 Å². The minimum Gasteiger partial charge on any atom is -0.297 e. The molecule has 1 spiro atoms. The predicted octanol–water partition coefficient (Wildman–Crippen LogP) is 2.15. The molecule has 25 heavy (non-hydrogen) atoms. The van der Waals surface area contributed by atoms with Crippen LogP contribution in [0.5, 0.6) is 0 Å². The van der Waals surface area contributed by atoms with Crippen molar-refractivity contribution in [1.82, 2.24) is 9.37 Å². The highest BCUT2D eigenvalue weighted by atomic mass is 32.2. The van der Waals surface area contributed by atoms with E-state index in [1.54, 1.807) is 0 Å². The first-order chi connectivity index (χ1) is 11.6. The zero-order valence-corrected chi connectivity index (χ0v) is 15.6. The number of nitrogens with zero attached hydrogens (tertiary/aromatic N) is 2. The molecule has 1 aliphatic heterocycles. The van der Waals surface area contributed by atoms with Crippen LogP contribution in [-0.2, 0) is 14.8 Å². The van der Waals surface area contributed by atoms with Gasteiger partial charge in [-0.25, -0.2) is 17.5 Å². The second-order valence-corrected chi connectivity index (χ2v) is 10.6. The molecule has 8 heteroatoms. The van der Waals surface area contributed by atoms with Crippen molar-refractivity contribution >= 4 is 21.8 Å². The highest BCUT2D eigenvalue weighted by molar-refractivity contribution is 7.90. The molecule has 4 rings (SSSR count). The molecular weight excluding hydrogens is 344 g/mol. The average molecular weight is 370 g/mol. The average Bonchev–Trinajstić information content (AvgIpc) is 3.01. The van der Waals surface area contributed by atoms with Crippen molar-refractivity contribution in [2.24, 2.45) is 16.7 Å². The summed E-state index contributed by atoms with van der Waals surface area (Å²) in [5, 5.41) is 10.8. The van der Waals surface area contributed by atoms with Crippen LogP contribution in [-0.4, -0.2) is 52.6 Å². The fourth-order valence-corrected chi connectivity index (χ4v) is 8.49. The number of hydrogen-bond donors (Lipinski definition) is 1. The maximum Gasteiger partial charge on any atom is 0.358 e. The highest BCUT2D eigenvalue weighted by Crippen LogP contribution is 2.70. The van der Waals surface area contributed by atoms with Gasteiger partial charge in [0.15, 0.2) is 5.78 Å². The van der Waals surface area contributed by atoms with Crippen LogP contribution >= 0.6 is 0 Å². The molecule has 3 saturated carbocycles. The Balaban J connectivity index is 1.66. The van der Waals surface area contributed by atoms with Crippen LogP contribution in [0.4, 0.5) is 4.79 Å². The van der Waals surface area contributed by atoms with Crippen LogP contribution in [0.25, 0.3) is 0 Å². The molecule has 2 amide bonds. The number of urea groups is 1. The van der Waals surface area contributed by atoms with Crippen LogP contribution in [0.2, 0.25) is 0 Å². The van der Waals surface area contributed by atoms with E-state index in [1.165, 1.54) is 0 Å². The fraction of sp³-hybridized carbons (Fsp3) is 0.882. The molecule has 1 N–H and O–H groups in total. The summed E-state index contributed by atoms with van der Waals surface area (Å²) in [7, 11) is -3.79. The first-order valence-electron chi connectivity index (χ1n) is 9.19. The minimum absolute atomic E-state index is 0.0354. The van der Waals surface area contributed by atoms with Gasteiger partial charge in [-0.3, -0.25) is 10.0 Å². The number of sulfonamides is 1. The van der Waals surface area contributed by atoms with E-state index in [1.807, 2.05) is 0 Å². The maximum absolute atomic E-state index is 12.9. The molecule has 4 atom stereocenters. The molecule has 7 nitrogen and oxygen atoms in total. The number of hydrogen-bond acceptors (Lipinski definition) is 5. The van der Waals surface area contributed by atoms with Crippen molar-refractivity contribution in [2.75, 3.05) is 5.75 Å². The third-order valence-electron chi connectivity index (χ3n) is 7.61. The molecule has 4 fully saturated rings. The van der Waals surface area contributed by atoms with E-state index in [0.717, 1.165) is 30.0 Å². The molecule has 2 bridgehead atoms. The summed E-state index contributed by atoms with van der Waals surface area (Å²) in [5.74, 6) is 0.167. The first kappa shape index (κ1) is 17.3. The van der Waals surface area contributed by atoms with Gasteiger partial charge in [0.25, 0.3) is 0 Å². The number of fused-ring (bicyclic) bond motifs is 1. The van der Waals surface area contributed by atoms with Gasteiger partial charge in [0.1, 0.15) is 6.04 Å². The quantitative estimate of drug-likeness (QED) is 0.564. The van der Waals surface area contributed by atoms with Gasteiger partial charge in [-0.15, -0.1) is 0 Å². The Morgan fingerprint density at radius 2 is 2.00 bits per heavy atom. The van der Waals surface area contributed by atoms with E-state index >= 15 is 0 Å². The number of carbonyl (C=O) groups is 2. The summed E-state index contributed by atoms with van der Waals surface area (Å²) in [6.45, 7) is 4.21. The zero-order chi connectivity index (χ0) is 18.2. The smallest absolute Gasteiger partial charge is 0.297 e. The van der Waals surface area contributed by atoms with E-state index in [4.69, 9.17) is 0 Å². The highest BCUT2D eigenvalue weighted by Gasteiger charge is 2.72. The van der Waals surface area contributed by atoms with Crippen LogP contribution in [0.3, 0.4) is 0 Å². The lowest BCUT2D eigenvalue weighted by Crippen LogP contribution is -2.53. The molecular formula is C17H26N2O5S. The third-order valence-corrected chi connectivity index (χ3v) is 9.50. The molecule has 1 heterocycles. The molecule has 4 aliphatic rings. The van der Waals surface area contributed by atoms with Gasteiger partial charge in [0.05, 0.1) is 11.8 Å². The number of amides is 2. The molecule has 0 aromatic carbocycles. The molecule has 0 aromatic rings. The Labute approximate surface area is 148 Å². The molecule has 0 aromatic heterocycles. The normalized spacial score (nSPS) is 41.0. The third kappa shape index (κ3) is 2.10. The van der Waals surface area contributed by atoms with Crippen LogP contribution in [0.1, 0.15) is 58.8 Å². The molecule has 0 radical (unpaired) electrons. The van der Waals surface area contributed by atoms with Gasteiger partial charge in [0, 0.05) is 11.8 Å². The van der Waals surface area contributed by atoms with Crippen molar-refractivity contribution < 1.29 is 23.2 Å². The Morgan fingerprint density at radius 3 is 2.64 bits per heavy atom. The second kappa shape index (κ2) is 5.19. The van der Waals surface area contributed by atoms with Crippen molar-refractivity contribution in [2.45, 2.75) is 70.9 Å². The van der Waals surface area contributed by atoms with E-state index in [-0.39, 0.29) is 17.0 Å². The second-order valence-electron chi connectivity index (χ2n) is 8.77. The van der Waals surface area contributed by atoms with Gasteiger partial charge in [-0.05, 0) is 43.4 Å². The molecule has 1 saturated heterocycles. The number of rotatable bonds is 1. The number of hydroxylamine groups is 2. The van der Waals surface area contributed by atoms with Gasteiger partial charge in [-0.2, -0.15) is 5.06 Å². The van der Waals surface area contributed by atoms with E-state index in [2.05, 4.69) is 13.8 Å². The first-order valence-corrected chi connectivity index (χ1v) is 10.8. The van der Waals surface area contributed by atoms with Crippen molar-refractivity contribution in [3.8, 4) is 0 Å². The summed E-state index contributed by atoms with van der Waals surface area (Å²) in [4.78, 5) is 25.0. The van der Waals surface area contributed by atoms with Gasteiger partial charge >= 0.3 is 6.03 Å². The predicted molar refractivity (Wildman–Crippen MR) is 89.3 cm³/mol. The topological polar surface area (TPSA) is 95.0 Å². The summed E-state index contributed by atoms with van der Waals surface area (Å²) in [6, 6.07) is -2.25. The zero-order valence-electron chi connectivity index (χ0n) is 14.8. The Kier molecular flexibility index (Phi) is 3.59. The fourth-order valence-electron chi connectivity index (χ4n) is 6.00. The van der Waals surface area contributed by atoms with E-state index in [0.29, 0.717) is 30.2 Å². The van der Waals surface area contributed by atoms with E-state index < -0.39 is 33.6 Å². The van der Waals surface area contributed by atoms with Gasteiger partial charge < -0.3 is 0 Å². The SMILES string of the molecule is CC1(C)C2CCC13CS(=O)(=O)N(C(=O)N(O)[C@@H]1CCCCC1=O)C3C2. The lowest BCUT2D eigenvalue weighted by molar-refractivity contribution is -0.143. The standard InChI is InChI=1S/C17H26N2O5S/c1-16(2)11-7-8-17(16)10-25(23,24)19(14(17)9-11)15(21)18(22)12-5-3-4-6-13(12)20/h11-12,14,22H,3-10H2,1-2H3/t11?,12-,14?,17?/m1/s1. The lowest BCUT2D eigenvalue weighted by atomic mass is 9.69. The van der Waals surface area contributed by atoms with Crippen LogP contribution in [0.15, 0.2) is 0 Å². The Hall–Kier alpha value is -1.15. The summed E-state index contributed by atoms with van der Waals surface area (Å²) < 4.78 is 26.6. The van der Waals surface area contributed by atoms with Crippen LogP contribution in [0, 0.1) is 16.7 Å². The van der Waals surface area contributed by atoms with Crippen molar-refractivity contribution in [3.05, 3.63) is 0 Å². The monoisotopic (exact) mass is 370 g/mol. The van der Waals surface area contributed by atoms with Gasteiger partial charge in [0.2, 0.25) is 10.0 Å². The Bertz CT molecular complexity index is 733. The maximum atomic E-state index is 12.9. The summed E-state index contributed by atoms with van der Waals surface area (Å²) >= 11 is 0. The Morgan fingerprint density at radius 1 is 1.28 bits per heavy atom. The lowest BCUT2D eigenvalue weighted by Gasteiger charge is -2.38. The van der Waals surface area contributed by atoms with Gasteiger partial charge in [-0.1, -0.05) is 20.3 Å². The molecule has 3 aliphatic carbocycles. The largest absolute Gasteiger partial charge is 0.358 e. The van der Waals surface area contributed by atoms with Crippen LogP contribution < -0.4 is 0 Å². The minimum atomic E-state index is -3.79. The molecule has 3 unspecified atom stereocenters. The summed E-state index contributed by atoms with van der Waals surface area (Å²) in [5.41, 5.74) is -0.565. The molecule has 140 valence electrons. The van der Waals surface area contributed by atoms with Crippen molar-refractivity contribution in [3.63, 3.8) is 0 Å². The number of carbonyl (C=O) groups excluding carboxylic acids is 2. The number of Topliss-reactive ketones (excluding diaryl/α,β-unsaturated/α-hetero) is 1. The number of ketones is 1. The summed E-state index contributed by atoms with van der Waals surface area (Å²) in [6.07, 6.45) is 4.65. The van der Waals surface area contributed by atoms with Crippen molar-refractivity contribution in [1.29, 1.82) is 0 Å².